The SMILES string of the molecule is COc1ccc(-c2ccc(CN(Cc3ccco3)C(=O)C(C)C)cc2)cc1. The molecule has 3 aromatic rings. The molecule has 1 amide bonds. The number of rotatable bonds is 7. The first-order valence-corrected chi connectivity index (χ1v) is 9.11. The number of hydrogen-bond donors (Lipinski definition) is 0. The Kier molecular flexibility index (Phi) is 5.97. The Morgan fingerprint density at radius 2 is 1.59 bits per heavy atom. The lowest BCUT2D eigenvalue weighted by atomic mass is 10.0. The lowest BCUT2D eigenvalue weighted by molar-refractivity contribution is -0.136. The van der Waals surface area contributed by atoms with Gasteiger partial charge in [0.2, 0.25) is 5.91 Å². The minimum atomic E-state index is -0.0569. The minimum Gasteiger partial charge on any atom is -0.497 e. The molecule has 0 bridgehead atoms. The molecule has 0 aliphatic carbocycles. The Balaban J connectivity index is 1.74. The molecule has 0 unspecified atom stereocenters. The third kappa shape index (κ3) is 4.79. The van der Waals surface area contributed by atoms with Crippen molar-refractivity contribution in [2.45, 2.75) is 26.9 Å². The van der Waals surface area contributed by atoms with E-state index in [2.05, 4.69) is 24.3 Å². The smallest absolute Gasteiger partial charge is 0.225 e. The number of amides is 1. The van der Waals surface area contributed by atoms with Crippen molar-refractivity contribution in [3.05, 3.63) is 78.3 Å². The molecule has 140 valence electrons. The molecule has 3 rings (SSSR count). The summed E-state index contributed by atoms with van der Waals surface area (Å²) in [6, 6.07) is 20.0. The molecule has 27 heavy (non-hydrogen) atoms. The second-order valence-corrected chi connectivity index (χ2v) is 6.85. The zero-order chi connectivity index (χ0) is 19.2. The summed E-state index contributed by atoms with van der Waals surface area (Å²) in [7, 11) is 1.66. The molecule has 0 atom stereocenters. The van der Waals surface area contributed by atoms with Crippen LogP contribution in [0.3, 0.4) is 0 Å². The van der Waals surface area contributed by atoms with Crippen LogP contribution in [0, 0.1) is 5.92 Å². The normalized spacial score (nSPS) is 10.8. The van der Waals surface area contributed by atoms with E-state index in [1.54, 1.807) is 13.4 Å². The zero-order valence-electron chi connectivity index (χ0n) is 16.0. The summed E-state index contributed by atoms with van der Waals surface area (Å²) in [5, 5.41) is 0. The minimum absolute atomic E-state index is 0.0569. The Labute approximate surface area is 160 Å². The van der Waals surface area contributed by atoms with Gasteiger partial charge in [-0.3, -0.25) is 4.79 Å². The van der Waals surface area contributed by atoms with Gasteiger partial charge < -0.3 is 14.1 Å². The average Bonchev–Trinajstić information content (AvgIpc) is 3.20. The molecule has 0 fully saturated rings. The highest BCUT2D eigenvalue weighted by Gasteiger charge is 2.18. The van der Waals surface area contributed by atoms with Crippen molar-refractivity contribution in [3.63, 3.8) is 0 Å². The predicted molar refractivity (Wildman–Crippen MR) is 106 cm³/mol. The van der Waals surface area contributed by atoms with Crippen molar-refractivity contribution < 1.29 is 13.9 Å². The number of carbonyl (C=O) groups is 1. The first kappa shape index (κ1) is 18.8. The van der Waals surface area contributed by atoms with Gasteiger partial charge in [0.25, 0.3) is 0 Å². The van der Waals surface area contributed by atoms with Crippen molar-refractivity contribution in [2.75, 3.05) is 7.11 Å². The molecular formula is C23H25NO3. The summed E-state index contributed by atoms with van der Waals surface area (Å²) in [4.78, 5) is 14.4. The Morgan fingerprint density at radius 3 is 2.11 bits per heavy atom. The highest BCUT2D eigenvalue weighted by molar-refractivity contribution is 5.78. The summed E-state index contributed by atoms with van der Waals surface area (Å²) in [6.07, 6.45) is 1.64. The third-order valence-corrected chi connectivity index (χ3v) is 4.48. The maximum atomic E-state index is 12.6. The molecular weight excluding hydrogens is 338 g/mol. The van der Waals surface area contributed by atoms with Crippen LogP contribution >= 0.6 is 0 Å². The number of hydrogen-bond acceptors (Lipinski definition) is 3. The molecule has 0 saturated heterocycles. The fraction of sp³-hybridized carbons (Fsp3) is 0.261. The fourth-order valence-electron chi connectivity index (χ4n) is 2.97. The van der Waals surface area contributed by atoms with Crippen LogP contribution in [0.15, 0.2) is 71.3 Å². The standard InChI is InChI=1S/C23H25NO3/c1-17(2)23(25)24(16-22-5-4-14-27-22)15-18-6-8-19(9-7-18)20-10-12-21(26-3)13-11-20/h4-14,17H,15-16H2,1-3H3. The summed E-state index contributed by atoms with van der Waals surface area (Å²) in [6.45, 7) is 4.87. The highest BCUT2D eigenvalue weighted by Crippen LogP contribution is 2.23. The van der Waals surface area contributed by atoms with Gasteiger partial charge in [-0.2, -0.15) is 0 Å². The maximum Gasteiger partial charge on any atom is 0.225 e. The molecule has 4 heteroatoms. The van der Waals surface area contributed by atoms with Gasteiger partial charge in [-0.05, 0) is 41.0 Å². The van der Waals surface area contributed by atoms with E-state index in [4.69, 9.17) is 9.15 Å². The topological polar surface area (TPSA) is 42.7 Å². The van der Waals surface area contributed by atoms with Crippen LogP contribution in [-0.4, -0.2) is 17.9 Å². The number of methoxy groups -OCH3 is 1. The van der Waals surface area contributed by atoms with Crippen LogP contribution in [0.1, 0.15) is 25.2 Å². The Hall–Kier alpha value is -3.01. The number of furan rings is 1. The molecule has 1 heterocycles. The Morgan fingerprint density at radius 1 is 0.963 bits per heavy atom. The second kappa shape index (κ2) is 8.58. The van der Waals surface area contributed by atoms with Crippen LogP contribution in [-0.2, 0) is 17.9 Å². The van der Waals surface area contributed by atoms with Crippen LogP contribution < -0.4 is 4.74 Å². The summed E-state index contributed by atoms with van der Waals surface area (Å²) in [5.74, 6) is 1.69. The van der Waals surface area contributed by atoms with Crippen LogP contribution in [0.25, 0.3) is 11.1 Å². The largest absolute Gasteiger partial charge is 0.497 e. The van der Waals surface area contributed by atoms with Gasteiger partial charge in [-0.15, -0.1) is 0 Å². The molecule has 1 aromatic heterocycles. The van der Waals surface area contributed by atoms with Gasteiger partial charge in [0.05, 0.1) is 19.9 Å². The van der Waals surface area contributed by atoms with E-state index in [1.165, 1.54) is 0 Å². The quantitative estimate of drug-likeness (QED) is 0.584. The van der Waals surface area contributed by atoms with Gasteiger partial charge in [0.15, 0.2) is 0 Å². The molecule has 0 aliphatic rings. The first-order chi connectivity index (χ1) is 13.1. The van der Waals surface area contributed by atoms with E-state index >= 15 is 0 Å². The van der Waals surface area contributed by atoms with E-state index in [-0.39, 0.29) is 11.8 Å². The maximum absolute atomic E-state index is 12.6. The molecule has 2 aromatic carbocycles. The molecule has 0 saturated carbocycles. The van der Waals surface area contributed by atoms with E-state index in [9.17, 15) is 4.79 Å². The number of ether oxygens (including phenoxy) is 1. The second-order valence-electron chi connectivity index (χ2n) is 6.85. The summed E-state index contributed by atoms with van der Waals surface area (Å²) >= 11 is 0. The van der Waals surface area contributed by atoms with E-state index in [1.807, 2.05) is 55.1 Å². The van der Waals surface area contributed by atoms with E-state index < -0.39 is 0 Å². The van der Waals surface area contributed by atoms with Crippen LogP contribution in [0.2, 0.25) is 0 Å². The van der Waals surface area contributed by atoms with E-state index in [0.29, 0.717) is 13.1 Å². The number of carbonyl (C=O) groups excluding carboxylic acids is 1. The van der Waals surface area contributed by atoms with Crippen molar-refractivity contribution in [1.29, 1.82) is 0 Å². The third-order valence-electron chi connectivity index (χ3n) is 4.48. The number of benzene rings is 2. The van der Waals surface area contributed by atoms with Gasteiger partial charge in [-0.1, -0.05) is 50.2 Å². The lowest BCUT2D eigenvalue weighted by Crippen LogP contribution is -2.33. The summed E-state index contributed by atoms with van der Waals surface area (Å²) in [5.41, 5.74) is 3.36. The van der Waals surface area contributed by atoms with Gasteiger partial charge in [0, 0.05) is 12.5 Å². The van der Waals surface area contributed by atoms with E-state index in [0.717, 1.165) is 28.2 Å². The molecule has 0 N–H and O–H groups in total. The lowest BCUT2D eigenvalue weighted by Gasteiger charge is -2.24. The molecule has 0 aliphatic heterocycles. The summed E-state index contributed by atoms with van der Waals surface area (Å²) < 4.78 is 10.6. The molecule has 0 radical (unpaired) electrons. The van der Waals surface area contributed by atoms with Crippen molar-refractivity contribution in [1.82, 2.24) is 4.90 Å². The monoisotopic (exact) mass is 363 g/mol. The Bertz CT molecular complexity index is 850. The van der Waals surface area contributed by atoms with Gasteiger partial charge in [-0.25, -0.2) is 0 Å². The van der Waals surface area contributed by atoms with Crippen LogP contribution in [0.5, 0.6) is 5.75 Å². The average molecular weight is 363 g/mol. The molecule has 4 nitrogen and oxygen atoms in total. The van der Waals surface area contributed by atoms with Gasteiger partial charge in [0.1, 0.15) is 11.5 Å². The highest BCUT2D eigenvalue weighted by atomic mass is 16.5. The first-order valence-electron chi connectivity index (χ1n) is 9.11. The predicted octanol–water partition coefficient (Wildman–Crippen LogP) is 5.14. The van der Waals surface area contributed by atoms with Crippen molar-refractivity contribution >= 4 is 5.91 Å². The molecule has 0 spiro atoms. The van der Waals surface area contributed by atoms with Crippen molar-refractivity contribution in [3.8, 4) is 16.9 Å². The number of nitrogens with zero attached hydrogens (tertiary/aromatic N) is 1. The van der Waals surface area contributed by atoms with Crippen molar-refractivity contribution in [2.24, 2.45) is 5.92 Å². The fourth-order valence-corrected chi connectivity index (χ4v) is 2.97. The zero-order valence-corrected chi connectivity index (χ0v) is 16.0. The van der Waals surface area contributed by atoms with Gasteiger partial charge >= 0.3 is 0 Å². The van der Waals surface area contributed by atoms with Crippen LogP contribution in [0.4, 0.5) is 0 Å².